The quantitative estimate of drug-likeness (QED) is 0.530. The van der Waals surface area contributed by atoms with Crippen LogP contribution in [-0.2, 0) is 22.4 Å². The Morgan fingerprint density at radius 2 is 1.81 bits per heavy atom. The first kappa shape index (κ1) is 21.2. The van der Waals surface area contributed by atoms with Crippen LogP contribution in [0.4, 0.5) is 5.00 Å². The molecule has 0 unspecified atom stereocenters. The summed E-state index contributed by atoms with van der Waals surface area (Å²) in [6, 6.07) is 12.3. The number of ketones is 1. The van der Waals surface area contributed by atoms with Gasteiger partial charge in [-0.1, -0.05) is 50.6 Å². The fourth-order valence-corrected chi connectivity index (χ4v) is 7.00. The molecule has 0 N–H and O–H groups in total. The van der Waals surface area contributed by atoms with E-state index >= 15 is 0 Å². The Morgan fingerprint density at radius 1 is 1.06 bits per heavy atom. The third-order valence-electron chi connectivity index (χ3n) is 7.06. The molecule has 0 fully saturated rings. The smallest absolute Gasteiger partial charge is 0.232 e. The molecule has 2 aromatic rings. The van der Waals surface area contributed by atoms with Crippen molar-refractivity contribution in [1.82, 2.24) is 0 Å². The summed E-state index contributed by atoms with van der Waals surface area (Å²) >= 11 is 1.60. The van der Waals surface area contributed by atoms with Gasteiger partial charge in [0.15, 0.2) is 5.78 Å². The Morgan fingerprint density at radius 3 is 2.56 bits per heavy atom. The maximum atomic E-state index is 13.7. The minimum Gasteiger partial charge on any atom is -0.294 e. The molecule has 1 atom stereocenters. The number of thiophene rings is 1. The van der Waals surface area contributed by atoms with Gasteiger partial charge in [0, 0.05) is 34.9 Å². The summed E-state index contributed by atoms with van der Waals surface area (Å²) in [7, 11) is 0. The van der Waals surface area contributed by atoms with Crippen LogP contribution in [0.15, 0.2) is 41.6 Å². The number of hydrogen-bond donors (Lipinski definition) is 0. The summed E-state index contributed by atoms with van der Waals surface area (Å²) in [5, 5.41) is 10.8. The van der Waals surface area contributed by atoms with Crippen LogP contribution < -0.4 is 4.90 Å². The number of carbonyl (C=O) groups is 2. The summed E-state index contributed by atoms with van der Waals surface area (Å²) in [5.74, 6) is -0.0721. The molecular formula is C27H28N2O2S. The van der Waals surface area contributed by atoms with Crippen LogP contribution in [0.3, 0.4) is 0 Å². The van der Waals surface area contributed by atoms with Gasteiger partial charge in [-0.3, -0.25) is 14.5 Å². The topological polar surface area (TPSA) is 61.2 Å². The highest BCUT2D eigenvalue weighted by molar-refractivity contribution is 7.16. The van der Waals surface area contributed by atoms with Crippen LogP contribution in [0.5, 0.6) is 0 Å². The lowest BCUT2D eigenvalue weighted by atomic mass is 9.69. The lowest BCUT2D eigenvalue weighted by Gasteiger charge is -2.42. The molecule has 5 rings (SSSR count). The van der Waals surface area contributed by atoms with Crippen LogP contribution in [-0.4, -0.2) is 11.7 Å². The Balaban J connectivity index is 1.70. The van der Waals surface area contributed by atoms with E-state index in [-0.39, 0.29) is 29.4 Å². The van der Waals surface area contributed by atoms with Crippen molar-refractivity contribution < 1.29 is 9.59 Å². The number of aryl methyl sites for hydroxylation is 1. The van der Waals surface area contributed by atoms with E-state index < -0.39 is 0 Å². The molecule has 1 aromatic carbocycles. The normalized spacial score (nSPS) is 22.8. The summed E-state index contributed by atoms with van der Waals surface area (Å²) in [4.78, 5) is 30.1. The van der Waals surface area contributed by atoms with E-state index in [0.29, 0.717) is 18.4 Å². The summed E-state index contributed by atoms with van der Waals surface area (Å²) in [6.07, 6.45) is 6.69. The van der Waals surface area contributed by atoms with Gasteiger partial charge in [-0.2, -0.15) is 5.26 Å². The number of Topliss-reactive ketones (excluding diaryl/α,β-unsaturated/α-hetero) is 1. The molecule has 1 aromatic heterocycles. The van der Waals surface area contributed by atoms with Gasteiger partial charge in [-0.25, -0.2) is 0 Å². The van der Waals surface area contributed by atoms with Crippen molar-refractivity contribution >= 4 is 28.0 Å². The summed E-state index contributed by atoms with van der Waals surface area (Å²) in [5.41, 5.74) is 4.19. The highest BCUT2D eigenvalue weighted by Gasteiger charge is 2.45. The Kier molecular flexibility index (Phi) is 5.29. The maximum absolute atomic E-state index is 13.7. The van der Waals surface area contributed by atoms with E-state index in [9.17, 15) is 14.9 Å². The van der Waals surface area contributed by atoms with E-state index in [1.807, 2.05) is 30.3 Å². The molecule has 0 spiro atoms. The zero-order valence-electron chi connectivity index (χ0n) is 18.7. The number of benzene rings is 1. The minimum absolute atomic E-state index is 0.00369. The number of amides is 1. The van der Waals surface area contributed by atoms with Crippen molar-refractivity contribution in [2.45, 2.75) is 71.1 Å². The lowest BCUT2D eigenvalue weighted by molar-refractivity contribution is -0.120. The van der Waals surface area contributed by atoms with E-state index in [0.717, 1.165) is 53.1 Å². The van der Waals surface area contributed by atoms with Crippen molar-refractivity contribution in [3.63, 3.8) is 0 Å². The van der Waals surface area contributed by atoms with E-state index in [2.05, 4.69) is 19.9 Å². The van der Waals surface area contributed by atoms with Crippen LogP contribution in [0.1, 0.15) is 79.9 Å². The molecule has 0 radical (unpaired) electrons. The number of nitrogens with zero attached hydrogens (tertiary/aromatic N) is 2. The van der Waals surface area contributed by atoms with Gasteiger partial charge in [0.05, 0.1) is 5.56 Å². The third-order valence-corrected chi connectivity index (χ3v) is 8.34. The van der Waals surface area contributed by atoms with Crippen molar-refractivity contribution in [1.29, 1.82) is 5.26 Å². The Bertz CT molecular complexity index is 1170. The molecule has 2 aliphatic carbocycles. The fraction of sp³-hybridized carbons (Fsp3) is 0.444. The number of allylic oxidation sites excluding steroid dienone is 2. The van der Waals surface area contributed by atoms with E-state index in [4.69, 9.17) is 0 Å². The van der Waals surface area contributed by atoms with Crippen LogP contribution in [0.25, 0.3) is 0 Å². The maximum Gasteiger partial charge on any atom is 0.232 e. The van der Waals surface area contributed by atoms with Gasteiger partial charge in [0.1, 0.15) is 11.1 Å². The monoisotopic (exact) mass is 444 g/mol. The zero-order chi connectivity index (χ0) is 22.5. The van der Waals surface area contributed by atoms with E-state index in [1.54, 1.807) is 16.2 Å². The predicted molar refractivity (Wildman–Crippen MR) is 127 cm³/mol. The first-order chi connectivity index (χ1) is 15.4. The van der Waals surface area contributed by atoms with Crippen molar-refractivity contribution in [3.8, 4) is 6.07 Å². The summed E-state index contributed by atoms with van der Waals surface area (Å²) < 4.78 is 0. The number of nitriles is 1. The number of hydrogen-bond acceptors (Lipinski definition) is 4. The highest BCUT2D eigenvalue weighted by Crippen LogP contribution is 2.50. The minimum atomic E-state index is -0.214. The molecule has 2 heterocycles. The number of rotatable bonds is 2. The van der Waals surface area contributed by atoms with Crippen LogP contribution >= 0.6 is 11.3 Å². The largest absolute Gasteiger partial charge is 0.294 e. The van der Waals surface area contributed by atoms with Crippen LogP contribution in [0.2, 0.25) is 0 Å². The number of fused-ring (bicyclic) bond motifs is 1. The molecule has 4 nitrogen and oxygen atoms in total. The first-order valence-corrected chi connectivity index (χ1v) is 12.4. The standard InChI is InChI=1S/C27H28N2O2S/c1-27(2)14-21-25(22(30)15-27)19(17-9-5-3-6-10-17)13-24(31)29(21)26-20(16-28)18-11-7-4-8-12-23(18)32-26/h3,5-6,9-10,19H,4,7-8,11-15H2,1-2H3/t19-/m0/s1. The SMILES string of the molecule is CC1(C)CC(=O)C2=C(C1)N(c1sc3c(c1C#N)CCCCC3)C(=O)C[C@H]2c1ccccc1. The van der Waals surface area contributed by atoms with Gasteiger partial charge in [0.25, 0.3) is 0 Å². The average molecular weight is 445 g/mol. The van der Waals surface area contributed by atoms with Gasteiger partial charge >= 0.3 is 0 Å². The molecule has 1 aliphatic heterocycles. The molecule has 164 valence electrons. The second-order valence-corrected chi connectivity index (χ2v) is 11.1. The van der Waals surface area contributed by atoms with E-state index in [1.165, 1.54) is 11.3 Å². The second kappa shape index (κ2) is 8.01. The number of anilines is 1. The Hall–Kier alpha value is -2.71. The summed E-state index contributed by atoms with van der Waals surface area (Å²) in [6.45, 7) is 4.19. The highest BCUT2D eigenvalue weighted by atomic mass is 32.1. The first-order valence-electron chi connectivity index (χ1n) is 11.6. The molecule has 1 amide bonds. The predicted octanol–water partition coefficient (Wildman–Crippen LogP) is 6.05. The van der Waals surface area contributed by atoms with Crippen molar-refractivity contribution in [2.75, 3.05) is 4.90 Å². The molecular weight excluding hydrogens is 416 g/mol. The molecule has 0 saturated carbocycles. The molecule has 3 aliphatic rings. The zero-order valence-corrected chi connectivity index (χ0v) is 19.6. The van der Waals surface area contributed by atoms with Crippen LogP contribution in [0, 0.1) is 16.7 Å². The van der Waals surface area contributed by atoms with Gasteiger partial charge in [0.2, 0.25) is 5.91 Å². The average Bonchev–Trinajstić information content (AvgIpc) is 2.92. The van der Waals surface area contributed by atoms with Gasteiger partial charge < -0.3 is 0 Å². The second-order valence-electron chi connectivity index (χ2n) is 10.1. The Labute approximate surface area is 193 Å². The number of carbonyl (C=O) groups excluding carboxylic acids is 2. The van der Waals surface area contributed by atoms with Gasteiger partial charge in [-0.05, 0) is 48.6 Å². The molecule has 5 heteroatoms. The van der Waals surface area contributed by atoms with Crippen molar-refractivity contribution in [2.24, 2.45) is 5.41 Å². The molecule has 0 saturated heterocycles. The molecule has 0 bridgehead atoms. The fourth-order valence-electron chi connectivity index (χ4n) is 5.62. The van der Waals surface area contributed by atoms with Gasteiger partial charge in [-0.15, -0.1) is 11.3 Å². The molecule has 32 heavy (non-hydrogen) atoms. The lowest BCUT2D eigenvalue weighted by Crippen LogP contribution is -2.43. The third kappa shape index (κ3) is 3.51. The van der Waals surface area contributed by atoms with Crippen molar-refractivity contribution in [3.05, 3.63) is 63.2 Å².